The van der Waals surface area contributed by atoms with Crippen molar-refractivity contribution in [2.24, 2.45) is 11.1 Å². The maximum Gasteiger partial charge on any atom is 0.223 e. The van der Waals surface area contributed by atoms with Crippen molar-refractivity contribution in [3.8, 4) is 0 Å². The average Bonchev–Trinajstić information content (AvgIpc) is 2.75. The number of nitrogens with zero attached hydrogens (tertiary/aromatic N) is 1. The Morgan fingerprint density at radius 1 is 1.26 bits per heavy atom. The van der Waals surface area contributed by atoms with Crippen LogP contribution in [0.3, 0.4) is 0 Å². The lowest BCUT2D eigenvalue weighted by Crippen LogP contribution is -2.30. The van der Waals surface area contributed by atoms with Crippen LogP contribution in [0.2, 0.25) is 0 Å². The van der Waals surface area contributed by atoms with Gasteiger partial charge in [0.05, 0.1) is 11.8 Å². The molecular weight excluding hydrogens is 312 g/mol. The molecule has 1 aromatic carbocycles. The number of sulfonamides is 1. The number of hydrogen-bond acceptors (Lipinski definition) is 3. The summed E-state index contributed by atoms with van der Waals surface area (Å²) in [5, 5.41) is 5.09. The molecule has 0 radical (unpaired) electrons. The summed E-state index contributed by atoms with van der Waals surface area (Å²) < 4.78 is 22.4. The zero-order chi connectivity index (χ0) is 17.4. The fourth-order valence-electron chi connectivity index (χ4n) is 3.06. The molecule has 0 bridgehead atoms. The number of carbonyl (C=O) groups is 1. The van der Waals surface area contributed by atoms with Gasteiger partial charge in [0.2, 0.25) is 15.9 Å². The number of benzene rings is 1. The molecule has 1 amide bonds. The molecule has 1 aliphatic heterocycles. The van der Waals surface area contributed by atoms with Gasteiger partial charge in [-0.3, -0.25) is 4.79 Å². The molecule has 2 rings (SSSR count). The van der Waals surface area contributed by atoms with Crippen LogP contribution in [0.25, 0.3) is 0 Å². The van der Waals surface area contributed by atoms with Crippen molar-refractivity contribution in [2.45, 2.75) is 45.6 Å². The third-order valence-corrected chi connectivity index (χ3v) is 5.37. The minimum Gasteiger partial charge on any atom is -0.336 e. The predicted octanol–water partition coefficient (Wildman–Crippen LogP) is 2.18. The summed E-state index contributed by atoms with van der Waals surface area (Å²) >= 11 is 0. The Kier molecular flexibility index (Phi) is 4.87. The zero-order valence-corrected chi connectivity index (χ0v) is 15.1. The van der Waals surface area contributed by atoms with Crippen LogP contribution in [-0.2, 0) is 20.2 Å². The van der Waals surface area contributed by atoms with Gasteiger partial charge in [-0.1, -0.05) is 45.0 Å². The van der Waals surface area contributed by atoms with Gasteiger partial charge < -0.3 is 4.90 Å². The van der Waals surface area contributed by atoms with Gasteiger partial charge in [0.1, 0.15) is 0 Å². The van der Waals surface area contributed by atoms with E-state index in [1.807, 2.05) is 19.1 Å². The van der Waals surface area contributed by atoms with Gasteiger partial charge in [0.25, 0.3) is 0 Å². The Bertz CT molecular complexity index is 675. The van der Waals surface area contributed by atoms with Crippen molar-refractivity contribution in [3.63, 3.8) is 0 Å². The molecular formula is C17H26N2O3S. The van der Waals surface area contributed by atoms with E-state index in [1.165, 1.54) is 5.56 Å². The fraction of sp³-hybridized carbons (Fsp3) is 0.588. The monoisotopic (exact) mass is 338 g/mol. The molecule has 6 heteroatoms. The number of rotatable bonds is 4. The third-order valence-electron chi connectivity index (χ3n) is 4.43. The first-order valence-corrected chi connectivity index (χ1v) is 9.59. The van der Waals surface area contributed by atoms with Crippen molar-refractivity contribution in [1.29, 1.82) is 0 Å². The van der Waals surface area contributed by atoms with Crippen LogP contribution in [0, 0.1) is 5.92 Å². The number of likely N-dealkylation sites (tertiary alicyclic amines) is 1. The first-order valence-electron chi connectivity index (χ1n) is 7.88. The van der Waals surface area contributed by atoms with Crippen LogP contribution >= 0.6 is 0 Å². The van der Waals surface area contributed by atoms with E-state index in [0.717, 1.165) is 5.56 Å². The second-order valence-electron chi connectivity index (χ2n) is 7.49. The second kappa shape index (κ2) is 6.24. The number of amides is 1. The molecule has 23 heavy (non-hydrogen) atoms. The quantitative estimate of drug-likeness (QED) is 0.913. The van der Waals surface area contributed by atoms with Crippen molar-refractivity contribution in [1.82, 2.24) is 4.90 Å². The standard InChI is InChI=1S/C17H26N2O3S/c1-12(14-5-7-15(8-6-14)17(2,3)4)19-10-13(9-16(19)20)11-23(18,21)22/h5-8,12-13H,9-11H2,1-4H3,(H2,18,21,22). The normalized spacial score (nSPS) is 20.8. The van der Waals surface area contributed by atoms with Gasteiger partial charge in [-0.05, 0) is 23.5 Å². The molecule has 1 aliphatic rings. The van der Waals surface area contributed by atoms with Crippen molar-refractivity contribution in [3.05, 3.63) is 35.4 Å². The van der Waals surface area contributed by atoms with E-state index >= 15 is 0 Å². The van der Waals surface area contributed by atoms with Crippen LogP contribution < -0.4 is 5.14 Å². The molecule has 2 N–H and O–H groups in total. The van der Waals surface area contributed by atoms with E-state index in [1.54, 1.807) is 4.90 Å². The molecule has 0 aromatic heterocycles. The molecule has 1 aromatic rings. The first kappa shape index (κ1) is 17.9. The van der Waals surface area contributed by atoms with Crippen LogP contribution in [0.4, 0.5) is 0 Å². The van der Waals surface area contributed by atoms with Crippen LogP contribution in [0.5, 0.6) is 0 Å². The smallest absolute Gasteiger partial charge is 0.223 e. The Hall–Kier alpha value is -1.40. The molecule has 2 unspecified atom stereocenters. The average molecular weight is 338 g/mol. The van der Waals surface area contributed by atoms with Gasteiger partial charge in [0.15, 0.2) is 0 Å². The summed E-state index contributed by atoms with van der Waals surface area (Å²) in [6.07, 6.45) is 0.251. The Labute approximate surface area is 138 Å². The number of primary sulfonamides is 1. The van der Waals surface area contributed by atoms with Crippen molar-refractivity contribution >= 4 is 15.9 Å². The van der Waals surface area contributed by atoms with E-state index in [2.05, 4.69) is 32.9 Å². The molecule has 1 fully saturated rings. The molecule has 0 aliphatic carbocycles. The van der Waals surface area contributed by atoms with Crippen molar-refractivity contribution in [2.75, 3.05) is 12.3 Å². The zero-order valence-electron chi connectivity index (χ0n) is 14.2. The maximum atomic E-state index is 12.2. The lowest BCUT2D eigenvalue weighted by atomic mass is 9.86. The highest BCUT2D eigenvalue weighted by Gasteiger charge is 2.34. The van der Waals surface area contributed by atoms with E-state index in [0.29, 0.717) is 6.54 Å². The Balaban J connectivity index is 2.11. The van der Waals surface area contributed by atoms with Crippen LogP contribution in [0.1, 0.15) is 51.3 Å². The van der Waals surface area contributed by atoms with Gasteiger partial charge in [-0.2, -0.15) is 0 Å². The minimum atomic E-state index is -3.55. The molecule has 5 nitrogen and oxygen atoms in total. The van der Waals surface area contributed by atoms with E-state index < -0.39 is 10.0 Å². The van der Waals surface area contributed by atoms with Gasteiger partial charge in [0, 0.05) is 18.9 Å². The molecule has 0 spiro atoms. The lowest BCUT2D eigenvalue weighted by molar-refractivity contribution is -0.129. The molecule has 1 saturated heterocycles. The predicted molar refractivity (Wildman–Crippen MR) is 91.4 cm³/mol. The highest BCUT2D eigenvalue weighted by atomic mass is 32.2. The first-order chi connectivity index (χ1) is 10.5. The summed E-state index contributed by atoms with van der Waals surface area (Å²) in [6.45, 7) is 8.90. The van der Waals surface area contributed by atoms with Gasteiger partial charge in [-0.25, -0.2) is 13.6 Å². The topological polar surface area (TPSA) is 80.5 Å². The van der Waals surface area contributed by atoms with Crippen LogP contribution in [0.15, 0.2) is 24.3 Å². The van der Waals surface area contributed by atoms with E-state index in [-0.39, 0.29) is 35.5 Å². The third kappa shape index (κ3) is 4.54. The maximum absolute atomic E-state index is 12.2. The highest BCUT2D eigenvalue weighted by molar-refractivity contribution is 7.89. The SMILES string of the molecule is CC(c1ccc(C(C)(C)C)cc1)N1CC(CS(N)(=O)=O)CC1=O. The van der Waals surface area contributed by atoms with E-state index in [4.69, 9.17) is 5.14 Å². The summed E-state index contributed by atoms with van der Waals surface area (Å²) in [5.41, 5.74) is 2.39. The summed E-state index contributed by atoms with van der Waals surface area (Å²) in [4.78, 5) is 14.0. The number of nitrogens with two attached hydrogens (primary N) is 1. The van der Waals surface area contributed by atoms with Gasteiger partial charge in [-0.15, -0.1) is 0 Å². The molecule has 2 atom stereocenters. The van der Waals surface area contributed by atoms with E-state index in [9.17, 15) is 13.2 Å². The number of hydrogen-bond donors (Lipinski definition) is 1. The summed E-state index contributed by atoms with van der Waals surface area (Å²) in [7, 11) is -3.55. The summed E-state index contributed by atoms with van der Waals surface area (Å²) in [6, 6.07) is 8.21. The molecule has 128 valence electrons. The summed E-state index contributed by atoms with van der Waals surface area (Å²) in [5.74, 6) is -0.356. The largest absolute Gasteiger partial charge is 0.336 e. The van der Waals surface area contributed by atoms with Crippen molar-refractivity contribution < 1.29 is 13.2 Å². The highest BCUT2D eigenvalue weighted by Crippen LogP contribution is 2.30. The Morgan fingerprint density at radius 3 is 2.30 bits per heavy atom. The fourth-order valence-corrected chi connectivity index (χ4v) is 3.94. The second-order valence-corrected chi connectivity index (χ2v) is 9.15. The molecule has 0 saturated carbocycles. The number of carbonyl (C=O) groups excluding carboxylic acids is 1. The Morgan fingerprint density at radius 2 is 1.83 bits per heavy atom. The lowest BCUT2D eigenvalue weighted by Gasteiger charge is -2.26. The van der Waals surface area contributed by atoms with Crippen LogP contribution in [-0.4, -0.2) is 31.5 Å². The molecule has 1 heterocycles. The minimum absolute atomic E-state index is 0.00829. The van der Waals surface area contributed by atoms with Gasteiger partial charge >= 0.3 is 0 Å².